The molecule has 1 aromatic rings. The fourth-order valence-electron chi connectivity index (χ4n) is 3.82. The number of thiazole rings is 1. The van der Waals surface area contributed by atoms with Crippen LogP contribution in [0.5, 0.6) is 0 Å². The van der Waals surface area contributed by atoms with Gasteiger partial charge >= 0.3 is 0 Å². The van der Waals surface area contributed by atoms with E-state index in [4.69, 9.17) is 4.74 Å². The summed E-state index contributed by atoms with van der Waals surface area (Å²) in [5.74, 6) is 0.379. The van der Waals surface area contributed by atoms with E-state index in [9.17, 15) is 5.11 Å². The van der Waals surface area contributed by atoms with Gasteiger partial charge in [0.2, 0.25) is 0 Å². The summed E-state index contributed by atoms with van der Waals surface area (Å²) < 4.78 is 6.12. The molecule has 20 heavy (non-hydrogen) atoms. The summed E-state index contributed by atoms with van der Waals surface area (Å²) >= 11 is 1.67. The molecule has 2 unspecified atom stereocenters. The van der Waals surface area contributed by atoms with Crippen molar-refractivity contribution in [1.82, 2.24) is 4.98 Å². The maximum atomic E-state index is 10.6. The van der Waals surface area contributed by atoms with Gasteiger partial charge in [0.15, 0.2) is 0 Å². The molecule has 1 aliphatic heterocycles. The average molecular weight is 295 g/mol. The highest BCUT2D eigenvalue weighted by molar-refractivity contribution is 7.09. The Kier molecular flexibility index (Phi) is 4.43. The molecule has 3 nitrogen and oxygen atoms in total. The molecular formula is C16H25NO2S. The van der Waals surface area contributed by atoms with Gasteiger partial charge in [-0.15, -0.1) is 11.3 Å². The maximum absolute atomic E-state index is 10.6. The zero-order valence-electron chi connectivity index (χ0n) is 12.3. The van der Waals surface area contributed by atoms with Crippen LogP contribution in [-0.2, 0) is 11.2 Å². The molecule has 1 saturated carbocycles. The van der Waals surface area contributed by atoms with E-state index in [0.717, 1.165) is 30.2 Å². The second kappa shape index (κ2) is 6.12. The van der Waals surface area contributed by atoms with Crippen LogP contribution in [0.25, 0.3) is 0 Å². The van der Waals surface area contributed by atoms with E-state index in [0.29, 0.717) is 12.3 Å². The Morgan fingerprint density at radius 3 is 2.95 bits per heavy atom. The Balaban J connectivity index is 1.61. The SMILES string of the molecule is Cc1nc(CC(O)C2CCOC3(CCCCC3)C2)cs1. The fraction of sp³-hybridized carbons (Fsp3) is 0.812. The number of aliphatic hydroxyl groups is 1. The Hall–Kier alpha value is -0.450. The van der Waals surface area contributed by atoms with Crippen molar-refractivity contribution in [1.29, 1.82) is 0 Å². The molecule has 112 valence electrons. The van der Waals surface area contributed by atoms with Gasteiger partial charge in [0.25, 0.3) is 0 Å². The molecule has 1 spiro atoms. The first-order valence-electron chi connectivity index (χ1n) is 7.90. The number of aromatic nitrogens is 1. The van der Waals surface area contributed by atoms with E-state index in [1.54, 1.807) is 11.3 Å². The standard InChI is InChI=1S/C16H25NO2S/c1-12-17-14(11-20-12)9-15(18)13-5-8-19-16(10-13)6-3-2-4-7-16/h11,13,15,18H,2-10H2,1H3. The van der Waals surface area contributed by atoms with E-state index in [1.165, 1.54) is 32.1 Å². The topological polar surface area (TPSA) is 42.4 Å². The number of ether oxygens (including phenoxy) is 1. The third kappa shape index (κ3) is 3.23. The smallest absolute Gasteiger partial charge is 0.0897 e. The highest BCUT2D eigenvalue weighted by atomic mass is 32.1. The number of aliphatic hydroxyl groups excluding tert-OH is 1. The van der Waals surface area contributed by atoms with Crippen molar-refractivity contribution in [3.8, 4) is 0 Å². The van der Waals surface area contributed by atoms with E-state index < -0.39 is 0 Å². The molecule has 1 saturated heterocycles. The average Bonchev–Trinajstić information content (AvgIpc) is 2.85. The number of aryl methyl sites for hydroxylation is 1. The van der Waals surface area contributed by atoms with E-state index in [2.05, 4.69) is 10.4 Å². The van der Waals surface area contributed by atoms with Crippen LogP contribution in [0, 0.1) is 12.8 Å². The first-order chi connectivity index (χ1) is 9.67. The van der Waals surface area contributed by atoms with E-state index in [-0.39, 0.29) is 11.7 Å². The van der Waals surface area contributed by atoms with E-state index >= 15 is 0 Å². The lowest BCUT2D eigenvalue weighted by Crippen LogP contribution is -2.44. The van der Waals surface area contributed by atoms with Crippen LogP contribution in [0.3, 0.4) is 0 Å². The minimum atomic E-state index is -0.265. The number of hydrogen-bond acceptors (Lipinski definition) is 4. The predicted molar refractivity (Wildman–Crippen MR) is 81.1 cm³/mol. The fourth-order valence-corrected chi connectivity index (χ4v) is 4.45. The summed E-state index contributed by atoms with van der Waals surface area (Å²) in [5, 5.41) is 13.7. The van der Waals surface area contributed by atoms with Crippen molar-refractivity contribution in [2.45, 2.75) is 70.0 Å². The van der Waals surface area contributed by atoms with Crippen molar-refractivity contribution >= 4 is 11.3 Å². The van der Waals surface area contributed by atoms with Gasteiger partial charge in [0, 0.05) is 18.4 Å². The molecule has 2 atom stereocenters. The van der Waals surface area contributed by atoms with Crippen LogP contribution in [0.1, 0.15) is 55.6 Å². The van der Waals surface area contributed by atoms with Gasteiger partial charge in [-0.3, -0.25) is 0 Å². The molecule has 1 N–H and O–H groups in total. The molecule has 0 bridgehead atoms. The van der Waals surface area contributed by atoms with Gasteiger partial charge in [0.1, 0.15) is 0 Å². The van der Waals surface area contributed by atoms with Gasteiger partial charge in [0.05, 0.1) is 22.4 Å². The zero-order valence-corrected chi connectivity index (χ0v) is 13.1. The Morgan fingerprint density at radius 2 is 2.25 bits per heavy atom. The van der Waals surface area contributed by atoms with Crippen LogP contribution in [0.15, 0.2) is 5.38 Å². The molecule has 3 rings (SSSR count). The summed E-state index contributed by atoms with van der Waals surface area (Å²) in [6, 6.07) is 0. The second-order valence-corrected chi connectivity index (χ2v) is 7.54. The van der Waals surface area contributed by atoms with Crippen LogP contribution >= 0.6 is 11.3 Å². The predicted octanol–water partition coefficient (Wildman–Crippen LogP) is 3.48. The highest BCUT2D eigenvalue weighted by Gasteiger charge is 2.40. The van der Waals surface area contributed by atoms with E-state index in [1.807, 2.05) is 6.92 Å². The lowest BCUT2D eigenvalue weighted by Gasteiger charge is -2.44. The summed E-state index contributed by atoms with van der Waals surface area (Å²) in [6.45, 7) is 2.84. The molecule has 1 aliphatic carbocycles. The number of rotatable bonds is 3. The van der Waals surface area contributed by atoms with Gasteiger partial charge < -0.3 is 9.84 Å². The van der Waals surface area contributed by atoms with Gasteiger partial charge in [-0.05, 0) is 38.5 Å². The molecule has 0 amide bonds. The van der Waals surface area contributed by atoms with Crippen LogP contribution < -0.4 is 0 Å². The minimum absolute atomic E-state index is 0.0835. The first-order valence-corrected chi connectivity index (χ1v) is 8.78. The van der Waals surface area contributed by atoms with Crippen molar-refractivity contribution in [3.63, 3.8) is 0 Å². The Bertz CT molecular complexity index is 434. The van der Waals surface area contributed by atoms with Crippen molar-refractivity contribution < 1.29 is 9.84 Å². The van der Waals surface area contributed by atoms with Crippen LogP contribution in [0.4, 0.5) is 0 Å². The normalized spacial score (nSPS) is 27.6. The third-order valence-electron chi connectivity index (χ3n) is 4.92. The molecule has 0 radical (unpaired) electrons. The van der Waals surface area contributed by atoms with Crippen molar-refractivity contribution in [3.05, 3.63) is 16.1 Å². The molecule has 2 fully saturated rings. The maximum Gasteiger partial charge on any atom is 0.0897 e. The number of nitrogens with zero attached hydrogens (tertiary/aromatic N) is 1. The minimum Gasteiger partial charge on any atom is -0.392 e. The Labute approximate surface area is 125 Å². The van der Waals surface area contributed by atoms with Crippen molar-refractivity contribution in [2.75, 3.05) is 6.61 Å². The molecular weight excluding hydrogens is 270 g/mol. The van der Waals surface area contributed by atoms with Gasteiger partial charge in [-0.2, -0.15) is 0 Å². The quantitative estimate of drug-likeness (QED) is 0.928. The van der Waals surface area contributed by atoms with Crippen LogP contribution in [-0.4, -0.2) is 28.4 Å². The second-order valence-electron chi connectivity index (χ2n) is 6.47. The molecule has 1 aromatic heterocycles. The molecule has 2 heterocycles. The number of hydrogen-bond donors (Lipinski definition) is 1. The van der Waals surface area contributed by atoms with Crippen molar-refractivity contribution in [2.24, 2.45) is 5.92 Å². The highest BCUT2D eigenvalue weighted by Crippen LogP contribution is 2.41. The largest absolute Gasteiger partial charge is 0.392 e. The zero-order chi connectivity index (χ0) is 14.0. The molecule has 4 heteroatoms. The first kappa shape index (κ1) is 14.5. The molecule has 0 aromatic carbocycles. The monoisotopic (exact) mass is 295 g/mol. The lowest BCUT2D eigenvalue weighted by atomic mass is 9.74. The van der Waals surface area contributed by atoms with Gasteiger partial charge in [-0.25, -0.2) is 4.98 Å². The summed E-state index contributed by atoms with van der Waals surface area (Å²) in [5.41, 5.74) is 1.13. The van der Waals surface area contributed by atoms with Gasteiger partial charge in [-0.1, -0.05) is 19.3 Å². The Morgan fingerprint density at radius 1 is 1.45 bits per heavy atom. The summed E-state index contributed by atoms with van der Waals surface area (Å²) in [7, 11) is 0. The third-order valence-corrected chi connectivity index (χ3v) is 5.75. The molecule has 2 aliphatic rings. The summed E-state index contributed by atoms with van der Waals surface area (Å²) in [4.78, 5) is 4.48. The summed E-state index contributed by atoms with van der Waals surface area (Å²) in [6.07, 6.45) is 8.75. The van der Waals surface area contributed by atoms with Crippen LogP contribution in [0.2, 0.25) is 0 Å². The lowest BCUT2D eigenvalue weighted by molar-refractivity contribution is -0.133.